The van der Waals surface area contributed by atoms with Crippen LogP contribution in [-0.4, -0.2) is 40.9 Å². The lowest BCUT2D eigenvalue weighted by molar-refractivity contribution is -0.148. The van der Waals surface area contributed by atoms with E-state index in [1.807, 2.05) is 12.1 Å². The molecule has 6 nitrogen and oxygen atoms in total. The van der Waals surface area contributed by atoms with E-state index in [1.165, 1.54) is 7.05 Å². The third-order valence-corrected chi connectivity index (χ3v) is 3.58. The SMILES string of the molecule is CN1C(=O)CCC(NCc2ccc(CC(=O)O)cc2)C1=O. The average Bonchev–Trinajstić information content (AvgIpc) is 2.45. The number of hydrogen-bond donors (Lipinski definition) is 2. The summed E-state index contributed by atoms with van der Waals surface area (Å²) in [7, 11) is 1.50. The molecule has 1 saturated heterocycles. The van der Waals surface area contributed by atoms with Crippen molar-refractivity contribution in [1.29, 1.82) is 0 Å². The predicted molar refractivity (Wildman–Crippen MR) is 75.4 cm³/mol. The number of nitrogens with zero attached hydrogens (tertiary/aromatic N) is 1. The molecule has 6 heteroatoms. The first-order valence-electron chi connectivity index (χ1n) is 6.81. The van der Waals surface area contributed by atoms with Crippen LogP contribution in [0.4, 0.5) is 0 Å². The molecule has 1 aromatic carbocycles. The molecule has 112 valence electrons. The highest BCUT2D eigenvalue weighted by Crippen LogP contribution is 2.12. The molecule has 2 amide bonds. The van der Waals surface area contributed by atoms with E-state index in [-0.39, 0.29) is 24.3 Å². The summed E-state index contributed by atoms with van der Waals surface area (Å²) >= 11 is 0. The molecule has 1 aliphatic rings. The lowest BCUT2D eigenvalue weighted by Gasteiger charge is -2.28. The van der Waals surface area contributed by atoms with Crippen LogP contribution in [0.2, 0.25) is 0 Å². The van der Waals surface area contributed by atoms with Crippen LogP contribution >= 0.6 is 0 Å². The zero-order chi connectivity index (χ0) is 15.4. The molecule has 2 N–H and O–H groups in total. The smallest absolute Gasteiger partial charge is 0.307 e. The maximum atomic E-state index is 11.9. The lowest BCUT2D eigenvalue weighted by atomic mass is 10.0. The minimum absolute atomic E-state index is 0.00171. The van der Waals surface area contributed by atoms with Crippen molar-refractivity contribution in [3.8, 4) is 0 Å². The Kier molecular flexibility index (Phi) is 4.70. The average molecular weight is 290 g/mol. The number of carboxylic acid groups (broad SMARTS) is 1. The molecule has 0 bridgehead atoms. The number of piperidine rings is 1. The zero-order valence-corrected chi connectivity index (χ0v) is 11.8. The van der Waals surface area contributed by atoms with Gasteiger partial charge in [-0.15, -0.1) is 0 Å². The van der Waals surface area contributed by atoms with E-state index in [4.69, 9.17) is 5.11 Å². The lowest BCUT2D eigenvalue weighted by Crippen LogP contribution is -2.51. The second kappa shape index (κ2) is 6.49. The third-order valence-electron chi connectivity index (χ3n) is 3.58. The van der Waals surface area contributed by atoms with E-state index in [0.29, 0.717) is 19.4 Å². The summed E-state index contributed by atoms with van der Waals surface area (Å²) < 4.78 is 0. The van der Waals surface area contributed by atoms with E-state index < -0.39 is 5.97 Å². The zero-order valence-electron chi connectivity index (χ0n) is 11.8. The van der Waals surface area contributed by atoms with Gasteiger partial charge in [0.25, 0.3) is 0 Å². The summed E-state index contributed by atoms with van der Waals surface area (Å²) in [4.78, 5) is 35.0. The van der Waals surface area contributed by atoms with Crippen molar-refractivity contribution in [2.24, 2.45) is 0 Å². The molecule has 1 heterocycles. The normalized spacial score (nSPS) is 18.9. The van der Waals surface area contributed by atoms with Crippen LogP contribution in [0.25, 0.3) is 0 Å². The fraction of sp³-hybridized carbons (Fsp3) is 0.400. The van der Waals surface area contributed by atoms with Crippen LogP contribution in [0.1, 0.15) is 24.0 Å². The summed E-state index contributed by atoms with van der Waals surface area (Å²) in [5.41, 5.74) is 1.71. The summed E-state index contributed by atoms with van der Waals surface area (Å²) in [6.45, 7) is 0.506. The van der Waals surface area contributed by atoms with Gasteiger partial charge in [-0.2, -0.15) is 0 Å². The van der Waals surface area contributed by atoms with E-state index in [9.17, 15) is 14.4 Å². The Morgan fingerprint density at radius 3 is 2.52 bits per heavy atom. The molecular weight excluding hydrogens is 272 g/mol. The molecule has 0 aromatic heterocycles. The van der Waals surface area contributed by atoms with Gasteiger partial charge in [-0.25, -0.2) is 0 Å². The van der Waals surface area contributed by atoms with Crippen LogP contribution < -0.4 is 5.32 Å². The standard InChI is InChI=1S/C15H18N2O4/c1-17-13(18)7-6-12(15(17)21)16-9-11-4-2-10(3-5-11)8-14(19)20/h2-5,12,16H,6-9H2,1H3,(H,19,20). The number of rotatable bonds is 5. The van der Waals surface area contributed by atoms with Gasteiger partial charge in [-0.3, -0.25) is 19.3 Å². The quantitative estimate of drug-likeness (QED) is 0.773. The van der Waals surface area contributed by atoms with Crippen molar-refractivity contribution in [2.45, 2.75) is 31.8 Å². The summed E-state index contributed by atoms with van der Waals surface area (Å²) in [6, 6.07) is 6.87. The van der Waals surface area contributed by atoms with E-state index in [0.717, 1.165) is 16.0 Å². The minimum atomic E-state index is -0.860. The molecule has 1 atom stereocenters. The summed E-state index contributed by atoms with van der Waals surface area (Å²) in [6.07, 6.45) is 0.887. The van der Waals surface area contributed by atoms with Crippen molar-refractivity contribution >= 4 is 17.8 Å². The van der Waals surface area contributed by atoms with Gasteiger partial charge >= 0.3 is 5.97 Å². The fourth-order valence-corrected chi connectivity index (χ4v) is 2.30. The number of carbonyl (C=O) groups is 3. The Morgan fingerprint density at radius 1 is 1.29 bits per heavy atom. The van der Waals surface area contributed by atoms with Crippen LogP contribution in [0, 0.1) is 0 Å². The van der Waals surface area contributed by atoms with Crippen LogP contribution in [-0.2, 0) is 27.3 Å². The number of hydrogen-bond acceptors (Lipinski definition) is 4. The largest absolute Gasteiger partial charge is 0.481 e. The molecule has 1 aromatic rings. The highest BCUT2D eigenvalue weighted by molar-refractivity contribution is 6.00. The molecule has 1 unspecified atom stereocenters. The highest BCUT2D eigenvalue weighted by Gasteiger charge is 2.31. The monoisotopic (exact) mass is 290 g/mol. The van der Waals surface area contributed by atoms with Crippen molar-refractivity contribution in [1.82, 2.24) is 10.2 Å². The Labute approximate surface area is 122 Å². The first-order valence-corrected chi connectivity index (χ1v) is 6.81. The van der Waals surface area contributed by atoms with Gasteiger partial charge in [-0.05, 0) is 17.5 Å². The molecule has 1 fully saturated rings. The van der Waals surface area contributed by atoms with E-state index >= 15 is 0 Å². The molecule has 0 spiro atoms. The van der Waals surface area contributed by atoms with Crippen molar-refractivity contribution in [3.05, 3.63) is 35.4 Å². The number of likely N-dealkylation sites (tertiary alicyclic amines) is 1. The van der Waals surface area contributed by atoms with Gasteiger partial charge < -0.3 is 10.4 Å². The van der Waals surface area contributed by atoms with Gasteiger partial charge in [0.15, 0.2) is 0 Å². The van der Waals surface area contributed by atoms with Gasteiger partial charge in [0.05, 0.1) is 12.5 Å². The Bertz CT molecular complexity index is 553. The molecule has 0 radical (unpaired) electrons. The summed E-state index contributed by atoms with van der Waals surface area (Å²) in [5, 5.41) is 11.8. The van der Waals surface area contributed by atoms with Gasteiger partial charge in [-0.1, -0.05) is 24.3 Å². The Balaban J connectivity index is 1.89. The number of likely N-dealkylation sites (N-methyl/N-ethyl adjacent to an activating group) is 1. The van der Waals surface area contributed by atoms with E-state index in [1.54, 1.807) is 12.1 Å². The van der Waals surface area contributed by atoms with Gasteiger partial charge in [0.1, 0.15) is 0 Å². The van der Waals surface area contributed by atoms with Crippen molar-refractivity contribution in [2.75, 3.05) is 7.05 Å². The minimum Gasteiger partial charge on any atom is -0.481 e. The number of amides is 2. The maximum absolute atomic E-state index is 11.9. The van der Waals surface area contributed by atoms with Crippen molar-refractivity contribution < 1.29 is 19.5 Å². The summed E-state index contributed by atoms with van der Waals surface area (Å²) in [5.74, 6) is -1.20. The number of benzene rings is 1. The topological polar surface area (TPSA) is 86.7 Å². The Hall–Kier alpha value is -2.21. The molecule has 0 saturated carbocycles. The molecule has 0 aliphatic carbocycles. The predicted octanol–water partition coefficient (Wildman–Crippen LogP) is 0.551. The van der Waals surface area contributed by atoms with Crippen LogP contribution in [0.3, 0.4) is 0 Å². The maximum Gasteiger partial charge on any atom is 0.307 e. The molecule has 1 aliphatic heterocycles. The molecular formula is C15H18N2O4. The van der Waals surface area contributed by atoms with Crippen LogP contribution in [0.15, 0.2) is 24.3 Å². The van der Waals surface area contributed by atoms with Crippen LogP contribution in [0.5, 0.6) is 0 Å². The van der Waals surface area contributed by atoms with Crippen molar-refractivity contribution in [3.63, 3.8) is 0 Å². The number of carboxylic acids is 1. The van der Waals surface area contributed by atoms with Gasteiger partial charge in [0, 0.05) is 20.0 Å². The second-order valence-electron chi connectivity index (χ2n) is 5.15. The van der Waals surface area contributed by atoms with E-state index in [2.05, 4.69) is 5.32 Å². The fourth-order valence-electron chi connectivity index (χ4n) is 2.30. The first-order chi connectivity index (χ1) is 9.97. The van der Waals surface area contributed by atoms with Gasteiger partial charge in [0.2, 0.25) is 11.8 Å². The number of nitrogens with one attached hydrogen (secondary N) is 1. The second-order valence-corrected chi connectivity index (χ2v) is 5.15. The third kappa shape index (κ3) is 3.88. The number of aliphatic carboxylic acids is 1. The molecule has 21 heavy (non-hydrogen) atoms. The number of carbonyl (C=O) groups excluding carboxylic acids is 2. The molecule has 2 rings (SSSR count). The highest BCUT2D eigenvalue weighted by atomic mass is 16.4. The Morgan fingerprint density at radius 2 is 1.90 bits per heavy atom. The number of imide groups is 1. The first kappa shape index (κ1) is 15.2.